The van der Waals surface area contributed by atoms with E-state index >= 15 is 0 Å². The smallest absolute Gasteiger partial charge is 0.320 e. The van der Waals surface area contributed by atoms with Gasteiger partial charge in [0.15, 0.2) is 5.82 Å². The lowest BCUT2D eigenvalue weighted by Gasteiger charge is -2.15. The summed E-state index contributed by atoms with van der Waals surface area (Å²) in [6.45, 7) is 0. The highest BCUT2D eigenvalue weighted by atomic mass is 35.5. The quantitative estimate of drug-likeness (QED) is 0.718. The Morgan fingerprint density at radius 3 is 2.29 bits per heavy atom. The van der Waals surface area contributed by atoms with Crippen LogP contribution in [0.2, 0.25) is 5.35 Å². The van der Waals surface area contributed by atoms with E-state index in [0.717, 1.165) is 5.82 Å². The van der Waals surface area contributed by atoms with Crippen LogP contribution in [0.3, 0.4) is 0 Å². The van der Waals surface area contributed by atoms with Gasteiger partial charge in [0, 0.05) is 5.92 Å². The summed E-state index contributed by atoms with van der Waals surface area (Å²) in [5.74, 6) is 1.27. The Bertz CT molecular complexity index is 279. The molecule has 3 nitrogen and oxygen atoms in total. The van der Waals surface area contributed by atoms with E-state index in [-0.39, 0.29) is 5.35 Å². The molecule has 0 N–H and O–H groups in total. The third-order valence-electron chi connectivity index (χ3n) is 2.89. The summed E-state index contributed by atoms with van der Waals surface area (Å²) < 4.78 is 4.79. The zero-order valence-electron chi connectivity index (χ0n) is 8.21. The number of halogens is 1. The lowest BCUT2D eigenvalue weighted by molar-refractivity contribution is 0.387. The predicted molar refractivity (Wildman–Crippen MR) is 54.4 cm³/mol. The maximum Gasteiger partial charge on any atom is 0.320 e. The van der Waals surface area contributed by atoms with Crippen molar-refractivity contribution in [2.24, 2.45) is 0 Å². The fourth-order valence-corrected chi connectivity index (χ4v) is 2.22. The topological polar surface area (TPSA) is 38.9 Å². The molecule has 1 heterocycles. The van der Waals surface area contributed by atoms with Crippen LogP contribution in [0.25, 0.3) is 0 Å². The molecule has 78 valence electrons. The second-order valence-electron chi connectivity index (χ2n) is 3.95. The first kappa shape index (κ1) is 9.97. The summed E-state index contributed by atoms with van der Waals surface area (Å²) >= 11 is 5.61. The molecule has 0 saturated heterocycles. The van der Waals surface area contributed by atoms with E-state index in [1.165, 1.54) is 44.9 Å². The van der Waals surface area contributed by atoms with Crippen molar-refractivity contribution >= 4 is 11.6 Å². The van der Waals surface area contributed by atoms with Gasteiger partial charge in [-0.15, -0.1) is 0 Å². The van der Waals surface area contributed by atoms with E-state index in [1.54, 1.807) is 0 Å². The van der Waals surface area contributed by atoms with E-state index in [1.807, 2.05) is 0 Å². The van der Waals surface area contributed by atoms with Crippen molar-refractivity contribution in [3.8, 4) is 0 Å². The summed E-state index contributed by atoms with van der Waals surface area (Å²) in [6.07, 6.45) is 8.95. The molecule has 0 amide bonds. The number of rotatable bonds is 1. The molecule has 0 aliphatic heterocycles. The maximum atomic E-state index is 5.61. The van der Waals surface area contributed by atoms with Crippen LogP contribution in [-0.2, 0) is 0 Å². The van der Waals surface area contributed by atoms with Crippen LogP contribution < -0.4 is 0 Å². The summed E-state index contributed by atoms with van der Waals surface area (Å²) in [5.41, 5.74) is 0. The monoisotopic (exact) mass is 214 g/mol. The first-order chi connectivity index (χ1) is 6.86. The molecule has 1 saturated carbocycles. The molecule has 1 aromatic rings. The van der Waals surface area contributed by atoms with E-state index in [2.05, 4.69) is 10.1 Å². The van der Waals surface area contributed by atoms with Gasteiger partial charge in [-0.25, -0.2) is 0 Å². The van der Waals surface area contributed by atoms with Gasteiger partial charge in [0.25, 0.3) is 0 Å². The number of hydrogen-bond donors (Lipinski definition) is 0. The number of hydrogen-bond acceptors (Lipinski definition) is 3. The van der Waals surface area contributed by atoms with E-state index in [9.17, 15) is 0 Å². The fourth-order valence-electron chi connectivity index (χ4n) is 2.10. The Labute approximate surface area is 88.8 Å². The van der Waals surface area contributed by atoms with Crippen LogP contribution in [0.15, 0.2) is 4.52 Å². The van der Waals surface area contributed by atoms with Crippen molar-refractivity contribution in [3.05, 3.63) is 11.2 Å². The zero-order chi connectivity index (χ0) is 9.80. The summed E-state index contributed by atoms with van der Waals surface area (Å²) in [5, 5.41) is 4.06. The maximum absolute atomic E-state index is 5.61. The molecule has 0 radical (unpaired) electrons. The second-order valence-corrected chi connectivity index (χ2v) is 4.27. The second kappa shape index (κ2) is 4.78. The third-order valence-corrected chi connectivity index (χ3v) is 3.04. The summed E-state index contributed by atoms with van der Waals surface area (Å²) in [6, 6.07) is 0. The van der Waals surface area contributed by atoms with Gasteiger partial charge in [0.2, 0.25) is 0 Å². The molecule has 0 unspecified atom stereocenters. The summed E-state index contributed by atoms with van der Waals surface area (Å²) in [7, 11) is 0. The minimum absolute atomic E-state index is 0.169. The Hall–Kier alpha value is -0.570. The Kier molecular flexibility index (Phi) is 3.40. The Balaban J connectivity index is 2.00. The fraction of sp³-hybridized carbons (Fsp3) is 0.800. The van der Waals surface area contributed by atoms with E-state index in [4.69, 9.17) is 16.1 Å². The van der Waals surface area contributed by atoms with Crippen molar-refractivity contribution < 1.29 is 4.52 Å². The minimum atomic E-state index is 0.169. The van der Waals surface area contributed by atoms with Crippen molar-refractivity contribution in [2.75, 3.05) is 0 Å². The van der Waals surface area contributed by atoms with Gasteiger partial charge in [-0.2, -0.15) is 4.98 Å². The summed E-state index contributed by atoms with van der Waals surface area (Å²) in [4.78, 5) is 4.09. The van der Waals surface area contributed by atoms with Gasteiger partial charge in [0.1, 0.15) is 0 Å². The number of nitrogens with zero attached hydrogens (tertiary/aromatic N) is 2. The SMILES string of the molecule is Clc1nc(C2CCCCCCC2)no1. The average molecular weight is 215 g/mol. The lowest BCUT2D eigenvalue weighted by atomic mass is 9.91. The minimum Gasteiger partial charge on any atom is -0.321 e. The Morgan fingerprint density at radius 2 is 1.71 bits per heavy atom. The van der Waals surface area contributed by atoms with Gasteiger partial charge in [-0.3, -0.25) is 0 Å². The van der Waals surface area contributed by atoms with Gasteiger partial charge in [-0.1, -0.05) is 37.3 Å². The van der Waals surface area contributed by atoms with Crippen LogP contribution >= 0.6 is 11.6 Å². The highest BCUT2D eigenvalue weighted by Crippen LogP contribution is 2.29. The predicted octanol–water partition coefficient (Wildman–Crippen LogP) is 3.55. The van der Waals surface area contributed by atoms with Gasteiger partial charge >= 0.3 is 5.35 Å². The molecule has 1 aliphatic carbocycles. The third kappa shape index (κ3) is 2.47. The highest BCUT2D eigenvalue weighted by molar-refractivity contribution is 6.27. The number of aromatic nitrogens is 2. The Morgan fingerprint density at radius 1 is 1.07 bits per heavy atom. The molecule has 0 atom stereocenters. The molecule has 1 fully saturated rings. The lowest BCUT2D eigenvalue weighted by Crippen LogP contribution is -2.04. The average Bonchev–Trinajstić information content (AvgIpc) is 2.51. The normalized spacial score (nSPS) is 20.4. The molecule has 4 heteroatoms. The molecule has 2 rings (SSSR count). The molecule has 0 spiro atoms. The highest BCUT2D eigenvalue weighted by Gasteiger charge is 2.18. The van der Waals surface area contributed by atoms with Crippen LogP contribution in [-0.4, -0.2) is 10.1 Å². The van der Waals surface area contributed by atoms with Crippen LogP contribution in [0.4, 0.5) is 0 Å². The standard InChI is InChI=1S/C10H15ClN2O/c11-10-12-9(13-14-10)8-6-4-2-1-3-5-7-8/h8H,1-7H2. The van der Waals surface area contributed by atoms with Gasteiger partial charge < -0.3 is 4.52 Å². The molecular formula is C10H15ClN2O. The van der Waals surface area contributed by atoms with Gasteiger partial charge in [0.05, 0.1) is 0 Å². The largest absolute Gasteiger partial charge is 0.321 e. The van der Waals surface area contributed by atoms with Crippen LogP contribution in [0.5, 0.6) is 0 Å². The van der Waals surface area contributed by atoms with Crippen molar-refractivity contribution in [3.63, 3.8) is 0 Å². The van der Waals surface area contributed by atoms with Crippen molar-refractivity contribution in [2.45, 2.75) is 50.9 Å². The first-order valence-corrected chi connectivity index (χ1v) is 5.73. The molecule has 1 aliphatic rings. The molecule has 1 aromatic heterocycles. The first-order valence-electron chi connectivity index (χ1n) is 5.35. The molecular weight excluding hydrogens is 200 g/mol. The van der Waals surface area contributed by atoms with Crippen molar-refractivity contribution in [1.82, 2.24) is 10.1 Å². The molecule has 0 bridgehead atoms. The van der Waals surface area contributed by atoms with Crippen molar-refractivity contribution in [1.29, 1.82) is 0 Å². The van der Waals surface area contributed by atoms with E-state index < -0.39 is 0 Å². The van der Waals surface area contributed by atoms with E-state index in [0.29, 0.717) is 5.92 Å². The van der Waals surface area contributed by atoms with Crippen LogP contribution in [0.1, 0.15) is 56.7 Å². The van der Waals surface area contributed by atoms with Crippen LogP contribution in [0, 0.1) is 0 Å². The zero-order valence-corrected chi connectivity index (χ0v) is 8.96. The molecule has 0 aromatic carbocycles. The molecule has 14 heavy (non-hydrogen) atoms. The van der Waals surface area contributed by atoms with Gasteiger partial charge in [-0.05, 0) is 24.4 Å².